The molecule has 0 aromatic heterocycles. The van der Waals surface area contributed by atoms with Crippen molar-refractivity contribution in [2.24, 2.45) is 0 Å². The third-order valence-electron chi connectivity index (χ3n) is 1.95. The summed E-state index contributed by atoms with van der Waals surface area (Å²) in [6.07, 6.45) is 1.03. The van der Waals surface area contributed by atoms with Crippen LogP contribution in [-0.4, -0.2) is 22.4 Å². The van der Waals surface area contributed by atoms with E-state index < -0.39 is 12.2 Å². The first-order valence-corrected chi connectivity index (χ1v) is 4.61. The number of aliphatic hydroxyl groups excluding tert-OH is 2. The summed E-state index contributed by atoms with van der Waals surface area (Å²) < 4.78 is 0. The second kappa shape index (κ2) is 6.71. The molecule has 13 heavy (non-hydrogen) atoms. The van der Waals surface area contributed by atoms with Gasteiger partial charge in [0.2, 0.25) is 0 Å². The smallest absolute Gasteiger partial charge is 0.109 e. The van der Waals surface area contributed by atoms with Crippen LogP contribution in [0.25, 0.3) is 0 Å². The Kier molecular flexibility index (Phi) is 6.30. The van der Waals surface area contributed by atoms with Crippen molar-refractivity contribution in [3.63, 3.8) is 0 Å². The van der Waals surface area contributed by atoms with Gasteiger partial charge in [0.25, 0.3) is 0 Å². The maximum Gasteiger partial charge on any atom is 0.109 e. The minimum Gasteiger partial charge on any atom is -0.390 e. The summed E-state index contributed by atoms with van der Waals surface area (Å²) in [6.45, 7) is 7.11. The molecule has 0 aromatic carbocycles. The van der Waals surface area contributed by atoms with Gasteiger partial charge in [-0.2, -0.15) is 0 Å². The van der Waals surface area contributed by atoms with Gasteiger partial charge < -0.3 is 10.2 Å². The van der Waals surface area contributed by atoms with Crippen molar-refractivity contribution < 1.29 is 10.2 Å². The van der Waals surface area contributed by atoms with Crippen LogP contribution in [0.15, 0.2) is 23.6 Å². The first-order valence-electron chi connectivity index (χ1n) is 4.61. The number of hydrogen-bond acceptors (Lipinski definition) is 2. The van der Waals surface area contributed by atoms with E-state index in [0.29, 0.717) is 12.0 Å². The summed E-state index contributed by atoms with van der Waals surface area (Å²) in [5, 5.41) is 19.0. The standard InChI is InChI=1S/C11H18O2/c1-4-6-8-10(12)11(13)9(3)7-5-2/h10-13H,2,4,6,8H2,1,3H3. The fourth-order valence-corrected chi connectivity index (χ4v) is 1.07. The number of hydrogen-bond donors (Lipinski definition) is 2. The Labute approximate surface area is 79.9 Å². The first kappa shape index (κ1) is 12.2. The molecule has 0 bridgehead atoms. The van der Waals surface area contributed by atoms with Crippen molar-refractivity contribution in [2.45, 2.75) is 45.3 Å². The average Bonchev–Trinajstić information content (AvgIpc) is 2.13. The van der Waals surface area contributed by atoms with E-state index >= 15 is 0 Å². The van der Waals surface area contributed by atoms with Crippen LogP contribution in [0, 0.1) is 0 Å². The van der Waals surface area contributed by atoms with Gasteiger partial charge in [-0.3, -0.25) is 0 Å². The fourth-order valence-electron chi connectivity index (χ4n) is 1.07. The highest BCUT2D eigenvalue weighted by Gasteiger charge is 2.16. The summed E-state index contributed by atoms with van der Waals surface area (Å²) in [4.78, 5) is 0. The van der Waals surface area contributed by atoms with Gasteiger partial charge in [-0.05, 0) is 19.9 Å². The molecule has 0 fully saturated rings. The molecule has 0 amide bonds. The summed E-state index contributed by atoms with van der Waals surface area (Å²) in [5.41, 5.74) is 5.68. The molecular weight excluding hydrogens is 164 g/mol. The van der Waals surface area contributed by atoms with Gasteiger partial charge in [0.05, 0.1) is 6.10 Å². The quantitative estimate of drug-likeness (QED) is 0.636. The molecule has 0 aliphatic rings. The Morgan fingerprint density at radius 3 is 2.54 bits per heavy atom. The Balaban J connectivity index is 4.17. The lowest BCUT2D eigenvalue weighted by molar-refractivity contribution is 0.0353. The molecule has 0 aliphatic carbocycles. The van der Waals surface area contributed by atoms with Crippen molar-refractivity contribution in [3.8, 4) is 0 Å². The molecule has 0 aromatic rings. The molecule has 0 radical (unpaired) electrons. The zero-order valence-corrected chi connectivity index (χ0v) is 8.38. The van der Waals surface area contributed by atoms with E-state index in [2.05, 4.69) is 18.0 Å². The molecule has 2 heteroatoms. The molecule has 0 aliphatic heterocycles. The lowest BCUT2D eigenvalue weighted by Crippen LogP contribution is -2.26. The van der Waals surface area contributed by atoms with Crippen LogP contribution in [0.1, 0.15) is 33.1 Å². The van der Waals surface area contributed by atoms with Crippen molar-refractivity contribution in [1.29, 1.82) is 0 Å². The van der Waals surface area contributed by atoms with Crippen molar-refractivity contribution in [1.82, 2.24) is 0 Å². The van der Waals surface area contributed by atoms with E-state index in [1.165, 1.54) is 0 Å². The Morgan fingerprint density at radius 2 is 2.08 bits per heavy atom. The highest BCUT2D eigenvalue weighted by atomic mass is 16.3. The zero-order chi connectivity index (χ0) is 10.3. The summed E-state index contributed by atoms with van der Waals surface area (Å²) in [7, 11) is 0. The van der Waals surface area contributed by atoms with Crippen molar-refractivity contribution >= 4 is 0 Å². The molecule has 0 spiro atoms. The van der Waals surface area contributed by atoms with Gasteiger partial charge >= 0.3 is 0 Å². The Morgan fingerprint density at radius 1 is 1.46 bits per heavy atom. The van der Waals surface area contributed by atoms with Crippen LogP contribution >= 0.6 is 0 Å². The maximum atomic E-state index is 9.53. The van der Waals surface area contributed by atoms with Crippen molar-refractivity contribution in [3.05, 3.63) is 23.6 Å². The molecule has 0 heterocycles. The Hall–Kier alpha value is -0.780. The fraction of sp³-hybridized carbons (Fsp3) is 0.636. The number of aliphatic hydroxyl groups is 2. The van der Waals surface area contributed by atoms with Crippen LogP contribution in [-0.2, 0) is 0 Å². The molecule has 0 saturated carbocycles. The van der Waals surface area contributed by atoms with E-state index in [1.54, 1.807) is 6.92 Å². The number of unbranched alkanes of at least 4 members (excludes halogenated alkanes) is 1. The van der Waals surface area contributed by atoms with E-state index in [0.717, 1.165) is 12.8 Å². The number of rotatable bonds is 5. The Bertz CT molecular complexity index is 220. The monoisotopic (exact) mass is 182 g/mol. The minimum absolute atomic E-state index is 0.582. The molecule has 2 nitrogen and oxygen atoms in total. The third kappa shape index (κ3) is 4.72. The molecule has 0 rings (SSSR count). The van der Waals surface area contributed by atoms with Crippen LogP contribution < -0.4 is 0 Å². The highest BCUT2D eigenvalue weighted by Crippen LogP contribution is 2.10. The first-order chi connectivity index (χ1) is 6.13. The summed E-state index contributed by atoms with van der Waals surface area (Å²) in [5.74, 6) is 0. The second-order valence-electron chi connectivity index (χ2n) is 3.14. The molecule has 74 valence electrons. The van der Waals surface area contributed by atoms with Gasteiger partial charge in [0, 0.05) is 5.57 Å². The topological polar surface area (TPSA) is 40.5 Å². The second-order valence-corrected chi connectivity index (χ2v) is 3.14. The van der Waals surface area contributed by atoms with Gasteiger partial charge in [-0.1, -0.05) is 31.2 Å². The van der Waals surface area contributed by atoms with Crippen LogP contribution in [0.2, 0.25) is 0 Å². The highest BCUT2D eigenvalue weighted by molar-refractivity contribution is 5.05. The SMILES string of the molecule is C=C=C=C(C)C(O)C(O)CCCC. The summed E-state index contributed by atoms with van der Waals surface area (Å²) in [6, 6.07) is 0. The minimum atomic E-state index is -0.833. The predicted molar refractivity (Wildman–Crippen MR) is 53.4 cm³/mol. The normalized spacial score (nSPS) is 14.2. The van der Waals surface area contributed by atoms with Crippen molar-refractivity contribution in [2.75, 3.05) is 0 Å². The molecule has 2 unspecified atom stereocenters. The van der Waals surface area contributed by atoms with E-state index in [1.807, 2.05) is 6.92 Å². The van der Waals surface area contributed by atoms with Crippen LogP contribution in [0.4, 0.5) is 0 Å². The maximum absolute atomic E-state index is 9.53. The van der Waals surface area contributed by atoms with Crippen LogP contribution in [0.5, 0.6) is 0 Å². The lowest BCUT2D eigenvalue weighted by Gasteiger charge is -2.16. The van der Waals surface area contributed by atoms with Gasteiger partial charge in [-0.15, -0.1) is 0 Å². The molecule has 2 N–H and O–H groups in total. The zero-order valence-electron chi connectivity index (χ0n) is 8.38. The predicted octanol–water partition coefficient (Wildman–Crippen LogP) is 1.78. The van der Waals surface area contributed by atoms with E-state index in [-0.39, 0.29) is 0 Å². The van der Waals surface area contributed by atoms with Gasteiger partial charge in [0.1, 0.15) is 6.10 Å². The molecule has 0 saturated heterocycles. The largest absolute Gasteiger partial charge is 0.390 e. The molecular formula is C11H18O2. The van der Waals surface area contributed by atoms with Crippen LogP contribution in [0.3, 0.4) is 0 Å². The van der Waals surface area contributed by atoms with Gasteiger partial charge in [0.15, 0.2) is 0 Å². The molecule has 2 atom stereocenters. The van der Waals surface area contributed by atoms with E-state index in [9.17, 15) is 10.2 Å². The van der Waals surface area contributed by atoms with Gasteiger partial charge in [-0.25, -0.2) is 0 Å². The lowest BCUT2D eigenvalue weighted by atomic mass is 10.0. The summed E-state index contributed by atoms with van der Waals surface area (Å²) >= 11 is 0. The average molecular weight is 182 g/mol. The third-order valence-corrected chi connectivity index (χ3v) is 1.95. The van der Waals surface area contributed by atoms with E-state index in [4.69, 9.17) is 0 Å².